The fraction of sp³-hybridized carbons (Fsp3) is 0.533. The zero-order valence-corrected chi connectivity index (χ0v) is 13.0. The lowest BCUT2D eigenvalue weighted by Gasteiger charge is -2.17. The molecule has 1 atom stereocenters. The molecule has 0 spiro atoms. The summed E-state index contributed by atoms with van der Waals surface area (Å²) in [5.41, 5.74) is 0.287. The fourth-order valence-corrected chi connectivity index (χ4v) is 2.16. The number of hydrogen-bond acceptors (Lipinski definition) is 7. The second kappa shape index (κ2) is 7.89. The van der Waals surface area contributed by atoms with Crippen molar-refractivity contribution in [1.29, 1.82) is 0 Å². The SMILES string of the molecule is CCOC(=O)C(CC)Oc1ccc(C2OCCO2)cc1[N+](=O)[O-]. The van der Waals surface area contributed by atoms with E-state index < -0.39 is 23.3 Å². The Morgan fingerprint density at radius 3 is 2.65 bits per heavy atom. The molecule has 0 aliphatic carbocycles. The number of nitro groups is 1. The Morgan fingerprint density at radius 2 is 2.09 bits per heavy atom. The molecule has 0 N–H and O–H groups in total. The topological polar surface area (TPSA) is 97.1 Å². The van der Waals surface area contributed by atoms with Crippen LogP contribution < -0.4 is 4.74 Å². The molecule has 126 valence electrons. The quantitative estimate of drug-likeness (QED) is 0.431. The molecule has 0 aromatic heterocycles. The smallest absolute Gasteiger partial charge is 0.347 e. The van der Waals surface area contributed by atoms with Crippen LogP contribution in [0.2, 0.25) is 0 Å². The first-order valence-corrected chi connectivity index (χ1v) is 7.41. The molecular weight excluding hydrogens is 306 g/mol. The molecule has 1 aromatic carbocycles. The van der Waals surface area contributed by atoms with Crippen LogP contribution in [0.4, 0.5) is 5.69 Å². The maximum atomic E-state index is 11.8. The molecule has 23 heavy (non-hydrogen) atoms. The average molecular weight is 325 g/mol. The van der Waals surface area contributed by atoms with Gasteiger partial charge in [0.25, 0.3) is 0 Å². The largest absolute Gasteiger partial charge is 0.472 e. The van der Waals surface area contributed by atoms with E-state index in [0.29, 0.717) is 25.2 Å². The molecule has 1 aromatic rings. The van der Waals surface area contributed by atoms with Crippen molar-refractivity contribution in [2.45, 2.75) is 32.7 Å². The van der Waals surface area contributed by atoms with E-state index in [1.54, 1.807) is 19.9 Å². The minimum atomic E-state index is -0.890. The molecule has 1 fully saturated rings. The zero-order valence-electron chi connectivity index (χ0n) is 13.0. The molecule has 1 aliphatic heterocycles. The number of rotatable bonds is 7. The van der Waals surface area contributed by atoms with Gasteiger partial charge < -0.3 is 18.9 Å². The maximum Gasteiger partial charge on any atom is 0.347 e. The lowest BCUT2D eigenvalue weighted by molar-refractivity contribution is -0.386. The van der Waals surface area contributed by atoms with Gasteiger partial charge in [0.05, 0.1) is 24.7 Å². The van der Waals surface area contributed by atoms with Gasteiger partial charge in [-0.1, -0.05) is 6.92 Å². The van der Waals surface area contributed by atoms with E-state index in [-0.39, 0.29) is 18.0 Å². The first-order valence-electron chi connectivity index (χ1n) is 7.41. The van der Waals surface area contributed by atoms with Crippen molar-refractivity contribution in [2.75, 3.05) is 19.8 Å². The average Bonchev–Trinajstić information content (AvgIpc) is 3.07. The van der Waals surface area contributed by atoms with Crippen LogP contribution in [0.1, 0.15) is 32.1 Å². The van der Waals surface area contributed by atoms with Gasteiger partial charge in [-0.15, -0.1) is 0 Å². The van der Waals surface area contributed by atoms with Crippen LogP contribution in [0.3, 0.4) is 0 Å². The normalized spacial score (nSPS) is 16.1. The Balaban J connectivity index is 2.23. The van der Waals surface area contributed by atoms with E-state index in [2.05, 4.69) is 0 Å². The Kier molecular flexibility index (Phi) is 5.89. The van der Waals surface area contributed by atoms with Crippen molar-refractivity contribution < 1.29 is 28.7 Å². The first-order chi connectivity index (χ1) is 11.1. The van der Waals surface area contributed by atoms with Gasteiger partial charge in [0, 0.05) is 11.6 Å². The van der Waals surface area contributed by atoms with Crippen LogP contribution in [0.15, 0.2) is 18.2 Å². The van der Waals surface area contributed by atoms with Gasteiger partial charge in [0.2, 0.25) is 0 Å². The lowest BCUT2D eigenvalue weighted by atomic mass is 10.1. The van der Waals surface area contributed by atoms with Crippen molar-refractivity contribution >= 4 is 11.7 Å². The summed E-state index contributed by atoms with van der Waals surface area (Å²) >= 11 is 0. The predicted octanol–water partition coefficient (Wildman–Crippen LogP) is 2.36. The highest BCUT2D eigenvalue weighted by Crippen LogP contribution is 2.33. The molecule has 1 aliphatic rings. The van der Waals surface area contributed by atoms with Crippen LogP contribution in [-0.4, -0.2) is 36.8 Å². The summed E-state index contributed by atoms with van der Waals surface area (Å²) in [4.78, 5) is 22.5. The number of nitrogens with zero attached hydrogens (tertiary/aromatic N) is 1. The van der Waals surface area contributed by atoms with Crippen molar-refractivity contribution in [2.24, 2.45) is 0 Å². The number of ether oxygens (including phenoxy) is 4. The van der Waals surface area contributed by atoms with Gasteiger partial charge in [0.15, 0.2) is 18.1 Å². The Labute approximate surface area is 133 Å². The minimum Gasteiger partial charge on any atom is -0.472 e. The molecule has 1 unspecified atom stereocenters. The Bertz CT molecular complexity index is 569. The van der Waals surface area contributed by atoms with E-state index in [1.165, 1.54) is 12.1 Å². The fourth-order valence-electron chi connectivity index (χ4n) is 2.16. The Morgan fingerprint density at radius 1 is 1.39 bits per heavy atom. The third kappa shape index (κ3) is 4.17. The van der Waals surface area contributed by atoms with Crippen LogP contribution in [-0.2, 0) is 19.0 Å². The summed E-state index contributed by atoms with van der Waals surface area (Å²) in [6, 6.07) is 4.40. The molecule has 8 heteroatoms. The van der Waals surface area contributed by atoms with Gasteiger partial charge in [-0.25, -0.2) is 4.79 Å². The van der Waals surface area contributed by atoms with Crippen LogP contribution in [0, 0.1) is 10.1 Å². The lowest BCUT2D eigenvalue weighted by Crippen LogP contribution is -2.29. The maximum absolute atomic E-state index is 11.8. The molecular formula is C15H19NO7. The van der Waals surface area contributed by atoms with Crippen molar-refractivity contribution in [3.8, 4) is 5.75 Å². The summed E-state index contributed by atoms with van der Waals surface area (Å²) in [6.45, 7) is 4.52. The van der Waals surface area contributed by atoms with Crippen LogP contribution in [0.5, 0.6) is 5.75 Å². The minimum absolute atomic E-state index is 0.0108. The van der Waals surface area contributed by atoms with Gasteiger partial charge in [-0.2, -0.15) is 0 Å². The van der Waals surface area contributed by atoms with Gasteiger partial charge >= 0.3 is 11.7 Å². The van der Waals surface area contributed by atoms with E-state index in [4.69, 9.17) is 18.9 Å². The van der Waals surface area contributed by atoms with E-state index >= 15 is 0 Å². The van der Waals surface area contributed by atoms with Crippen molar-refractivity contribution in [3.05, 3.63) is 33.9 Å². The molecule has 0 bridgehead atoms. The standard InChI is InChI=1S/C15H19NO7/c1-3-12(14(17)20-4-2)23-13-6-5-10(9-11(13)16(18)19)15-21-7-8-22-15/h5-6,9,12,15H,3-4,7-8H2,1-2H3. The van der Waals surface area contributed by atoms with Gasteiger partial charge in [-0.05, 0) is 25.5 Å². The van der Waals surface area contributed by atoms with E-state index in [9.17, 15) is 14.9 Å². The van der Waals surface area contributed by atoms with Crippen LogP contribution >= 0.6 is 0 Å². The van der Waals surface area contributed by atoms with Gasteiger partial charge in [-0.3, -0.25) is 10.1 Å². The van der Waals surface area contributed by atoms with Crippen molar-refractivity contribution in [3.63, 3.8) is 0 Å². The highest BCUT2D eigenvalue weighted by atomic mass is 16.7. The number of carbonyl (C=O) groups is 1. The van der Waals surface area contributed by atoms with Crippen LogP contribution in [0.25, 0.3) is 0 Å². The zero-order chi connectivity index (χ0) is 16.8. The summed E-state index contributed by atoms with van der Waals surface area (Å²) in [7, 11) is 0. The number of nitro benzene ring substituents is 1. The summed E-state index contributed by atoms with van der Waals surface area (Å²) in [6.07, 6.45) is -1.17. The van der Waals surface area contributed by atoms with E-state index in [0.717, 1.165) is 0 Å². The van der Waals surface area contributed by atoms with Gasteiger partial charge in [0.1, 0.15) is 0 Å². The molecule has 2 rings (SSSR count). The summed E-state index contributed by atoms with van der Waals surface area (Å²) < 4.78 is 21.0. The molecule has 0 amide bonds. The number of benzene rings is 1. The molecule has 1 heterocycles. The number of carbonyl (C=O) groups excluding carboxylic acids is 1. The second-order valence-corrected chi connectivity index (χ2v) is 4.82. The van der Waals surface area contributed by atoms with Crippen molar-refractivity contribution in [1.82, 2.24) is 0 Å². The molecule has 1 saturated heterocycles. The molecule has 8 nitrogen and oxygen atoms in total. The summed E-state index contributed by atoms with van der Waals surface area (Å²) in [5.74, 6) is -0.535. The monoisotopic (exact) mass is 325 g/mol. The van der Waals surface area contributed by atoms with E-state index in [1.807, 2.05) is 0 Å². The molecule has 0 radical (unpaired) electrons. The predicted molar refractivity (Wildman–Crippen MR) is 79.1 cm³/mol. The summed E-state index contributed by atoms with van der Waals surface area (Å²) in [5, 5.41) is 11.3. The highest BCUT2D eigenvalue weighted by molar-refractivity contribution is 5.75. The number of esters is 1. The number of hydrogen-bond donors (Lipinski definition) is 0. The molecule has 0 saturated carbocycles. The third-order valence-corrected chi connectivity index (χ3v) is 3.26. The highest BCUT2D eigenvalue weighted by Gasteiger charge is 2.27. The third-order valence-electron chi connectivity index (χ3n) is 3.26. The first kappa shape index (κ1) is 17.2. The Hall–Kier alpha value is -2.19. The second-order valence-electron chi connectivity index (χ2n) is 4.82.